The maximum atomic E-state index is 12.7. The van der Waals surface area contributed by atoms with Crippen molar-refractivity contribution >= 4 is 5.97 Å². The lowest BCUT2D eigenvalue weighted by Gasteiger charge is -2.78. The number of hydrogen-bond donors (Lipinski definition) is 4. The van der Waals surface area contributed by atoms with E-state index >= 15 is 0 Å². The van der Waals surface area contributed by atoms with Crippen LogP contribution >= 0.6 is 0 Å². The van der Waals surface area contributed by atoms with Crippen molar-refractivity contribution in [1.82, 2.24) is 0 Å². The number of methoxy groups -OCH3 is 1. The normalized spacial score (nSPS) is 50.9. The second kappa shape index (κ2) is 12.0. The van der Waals surface area contributed by atoms with Crippen molar-refractivity contribution in [3.05, 3.63) is 35.4 Å². The minimum absolute atomic E-state index is 0.0538. The SMILES string of the molecule is CCC[C@@H]1[C@@]23CC[C@H]4[C@@](C)(CC[C@@]5(C)[C@@H]6C[C@](C)(C(=O)O)CC[C@]6(C)CC[C@]45C)[C@]2(CO)[C@@H](O)C[C@]1(O)O[C@@H]3Cc1ccc(CCOC)cc1. The summed E-state index contributed by atoms with van der Waals surface area (Å²) < 4.78 is 12.2. The van der Waals surface area contributed by atoms with Gasteiger partial charge in [-0.3, -0.25) is 4.79 Å². The Morgan fingerprint density at radius 3 is 2.14 bits per heavy atom. The molecule has 280 valence electrons. The Balaban J connectivity index is 1.32. The van der Waals surface area contributed by atoms with Crippen LogP contribution in [-0.4, -0.2) is 64.7 Å². The van der Waals surface area contributed by atoms with Gasteiger partial charge in [-0.25, -0.2) is 0 Å². The summed E-state index contributed by atoms with van der Waals surface area (Å²) in [6.07, 6.45) is 10.3. The molecule has 1 heterocycles. The molecule has 1 saturated heterocycles. The molecular weight excluding hydrogens is 628 g/mol. The molecule has 7 nitrogen and oxygen atoms in total. The zero-order valence-electron chi connectivity index (χ0n) is 32.0. The zero-order valence-corrected chi connectivity index (χ0v) is 32.0. The summed E-state index contributed by atoms with van der Waals surface area (Å²) in [6, 6.07) is 8.69. The molecule has 13 atom stereocenters. The number of hydrogen-bond acceptors (Lipinski definition) is 6. The number of ether oxygens (including phenoxy) is 2. The van der Waals surface area contributed by atoms with Crippen molar-refractivity contribution in [3.8, 4) is 0 Å². The summed E-state index contributed by atoms with van der Waals surface area (Å²) in [6.45, 7) is 14.5. The maximum Gasteiger partial charge on any atom is 0.309 e. The number of fused-ring (bicyclic) bond motifs is 7. The first-order chi connectivity index (χ1) is 23.5. The second-order valence-corrected chi connectivity index (χ2v) is 19.6. The summed E-state index contributed by atoms with van der Waals surface area (Å²) in [7, 11) is 1.72. The van der Waals surface area contributed by atoms with Gasteiger partial charge in [0, 0.05) is 30.3 Å². The third-order valence-electron chi connectivity index (χ3n) is 18.0. The molecule has 0 unspecified atom stereocenters. The van der Waals surface area contributed by atoms with Gasteiger partial charge in [0.1, 0.15) is 0 Å². The Morgan fingerprint density at radius 2 is 1.50 bits per heavy atom. The fraction of sp³-hybridized carbons (Fsp3) is 0.837. The molecule has 1 aromatic rings. The third kappa shape index (κ3) is 4.54. The van der Waals surface area contributed by atoms with Crippen LogP contribution in [0.4, 0.5) is 0 Å². The fourth-order valence-corrected chi connectivity index (χ4v) is 15.0. The van der Waals surface area contributed by atoms with Crippen molar-refractivity contribution in [2.45, 2.75) is 149 Å². The highest BCUT2D eigenvalue weighted by molar-refractivity contribution is 5.74. The number of benzene rings is 1. The predicted molar refractivity (Wildman–Crippen MR) is 193 cm³/mol. The summed E-state index contributed by atoms with van der Waals surface area (Å²) in [5.74, 6) is -1.71. The molecule has 7 rings (SSSR count). The summed E-state index contributed by atoms with van der Waals surface area (Å²) >= 11 is 0. The highest BCUT2D eigenvalue weighted by Crippen LogP contribution is 2.83. The molecule has 5 saturated carbocycles. The maximum absolute atomic E-state index is 12.7. The average Bonchev–Trinajstić information content (AvgIpc) is 3.24. The number of carboxylic acid groups (broad SMARTS) is 1. The van der Waals surface area contributed by atoms with E-state index in [9.17, 15) is 25.2 Å². The van der Waals surface area contributed by atoms with Crippen LogP contribution in [0.5, 0.6) is 0 Å². The molecule has 4 N–H and O–H groups in total. The molecule has 6 fully saturated rings. The highest BCUT2D eigenvalue weighted by Gasteiger charge is 2.83. The molecule has 6 aliphatic rings. The standard InChI is InChI=1S/C43H66O7/c1-8-9-31-41-16-14-30-38(4)20-19-36(2)17-18-37(3,35(46)47)25-32(36)39(38,5)21-22-40(30,6)42(41,27-44)33(45)26-43(31,48)50-34(41)24-29-12-10-28(11-13-29)15-23-49-7/h10-13,30-34,44-45,48H,8-9,14-27H2,1-7H3,(H,46,47)/t30-,31-,32-,33+,34-,36-,37-,38-,39+,40-,41-,42+,43+/m1/s1. The summed E-state index contributed by atoms with van der Waals surface area (Å²) in [4.78, 5) is 12.7. The van der Waals surface area contributed by atoms with Crippen LogP contribution in [0, 0.1) is 55.7 Å². The van der Waals surface area contributed by atoms with Crippen molar-refractivity contribution in [2.75, 3.05) is 20.3 Å². The second-order valence-electron chi connectivity index (χ2n) is 19.6. The van der Waals surface area contributed by atoms with Gasteiger partial charge in [0.2, 0.25) is 0 Å². The molecule has 0 radical (unpaired) electrons. The van der Waals surface area contributed by atoms with Gasteiger partial charge >= 0.3 is 5.97 Å². The van der Waals surface area contributed by atoms with E-state index in [2.05, 4.69) is 58.9 Å². The van der Waals surface area contributed by atoms with E-state index in [1.807, 2.05) is 6.92 Å². The minimum Gasteiger partial charge on any atom is -0.481 e. The first-order valence-electron chi connectivity index (χ1n) is 20.0. The fourth-order valence-electron chi connectivity index (χ4n) is 15.0. The molecule has 50 heavy (non-hydrogen) atoms. The van der Waals surface area contributed by atoms with Gasteiger partial charge < -0.3 is 29.9 Å². The molecule has 1 spiro atoms. The van der Waals surface area contributed by atoms with E-state index in [0.29, 0.717) is 18.9 Å². The first kappa shape index (κ1) is 36.8. The van der Waals surface area contributed by atoms with Gasteiger partial charge in [0.05, 0.1) is 30.8 Å². The molecule has 7 heteroatoms. The quantitative estimate of drug-likeness (QED) is 0.211. The average molecular weight is 695 g/mol. The number of aliphatic hydroxyl groups excluding tert-OH is 2. The lowest BCUT2D eigenvalue weighted by Crippen LogP contribution is -2.77. The van der Waals surface area contributed by atoms with Crippen LogP contribution in [0.25, 0.3) is 0 Å². The van der Waals surface area contributed by atoms with E-state index in [0.717, 1.165) is 82.6 Å². The summed E-state index contributed by atoms with van der Waals surface area (Å²) in [5, 5.41) is 47.5. The van der Waals surface area contributed by atoms with Gasteiger partial charge in [0.25, 0.3) is 0 Å². The zero-order chi connectivity index (χ0) is 36.2. The molecule has 0 amide bonds. The van der Waals surface area contributed by atoms with Gasteiger partial charge in [-0.1, -0.05) is 65.3 Å². The predicted octanol–water partition coefficient (Wildman–Crippen LogP) is 7.57. The smallest absolute Gasteiger partial charge is 0.309 e. The lowest BCUT2D eigenvalue weighted by molar-refractivity contribution is -0.336. The molecule has 1 aliphatic heterocycles. The van der Waals surface area contributed by atoms with Gasteiger partial charge in [-0.15, -0.1) is 0 Å². The first-order valence-corrected chi connectivity index (χ1v) is 20.0. The number of carbonyl (C=O) groups is 1. The van der Waals surface area contributed by atoms with E-state index in [4.69, 9.17) is 9.47 Å². The van der Waals surface area contributed by atoms with Crippen LogP contribution in [0.15, 0.2) is 24.3 Å². The Hall–Kier alpha value is -1.51. The molecule has 0 aromatic heterocycles. The van der Waals surface area contributed by atoms with Crippen molar-refractivity contribution in [3.63, 3.8) is 0 Å². The molecular formula is C43H66O7. The number of rotatable bonds is 9. The van der Waals surface area contributed by atoms with E-state index in [1.54, 1.807) is 7.11 Å². The van der Waals surface area contributed by atoms with Crippen LogP contribution < -0.4 is 0 Å². The number of carboxylic acids is 1. The monoisotopic (exact) mass is 694 g/mol. The largest absolute Gasteiger partial charge is 0.481 e. The molecule has 1 aromatic carbocycles. The van der Waals surface area contributed by atoms with Gasteiger partial charge in [-0.2, -0.15) is 0 Å². The Bertz CT molecular complexity index is 1460. The topological polar surface area (TPSA) is 116 Å². The van der Waals surface area contributed by atoms with Crippen LogP contribution in [0.3, 0.4) is 0 Å². The molecule has 5 aliphatic carbocycles. The van der Waals surface area contributed by atoms with Crippen LogP contribution in [-0.2, 0) is 27.1 Å². The van der Waals surface area contributed by atoms with Crippen molar-refractivity contribution < 1.29 is 34.7 Å². The lowest BCUT2D eigenvalue weighted by atomic mass is 9.26. The Morgan fingerprint density at radius 1 is 0.880 bits per heavy atom. The van der Waals surface area contributed by atoms with E-state index in [1.165, 1.54) is 5.56 Å². The van der Waals surface area contributed by atoms with E-state index in [-0.39, 0.29) is 47.2 Å². The number of aliphatic hydroxyl groups is 3. The van der Waals surface area contributed by atoms with Crippen molar-refractivity contribution in [2.24, 2.45) is 55.7 Å². The summed E-state index contributed by atoms with van der Waals surface area (Å²) in [5.41, 5.74) is -0.173. The van der Waals surface area contributed by atoms with Gasteiger partial charge in [0.15, 0.2) is 5.79 Å². The third-order valence-corrected chi connectivity index (χ3v) is 18.0. The highest BCUT2D eigenvalue weighted by atomic mass is 16.6. The number of aliphatic carboxylic acids is 1. The molecule has 2 bridgehead atoms. The van der Waals surface area contributed by atoms with E-state index < -0.39 is 39.5 Å². The van der Waals surface area contributed by atoms with Crippen LogP contribution in [0.2, 0.25) is 0 Å². The Kier molecular flexibility index (Phi) is 8.84. The Labute approximate surface area is 300 Å². The van der Waals surface area contributed by atoms with Gasteiger partial charge in [-0.05, 0) is 129 Å². The van der Waals surface area contributed by atoms with Crippen molar-refractivity contribution in [1.29, 1.82) is 0 Å². The van der Waals surface area contributed by atoms with Crippen LogP contribution in [0.1, 0.15) is 130 Å². The minimum atomic E-state index is -1.43.